The minimum absolute atomic E-state index is 0.152. The first-order valence-corrected chi connectivity index (χ1v) is 8.78. The van der Waals surface area contributed by atoms with Crippen LogP contribution in [0.4, 0.5) is 5.69 Å². The Bertz CT molecular complexity index is 1070. The number of benzene rings is 3. The van der Waals surface area contributed by atoms with E-state index in [0.29, 0.717) is 18.0 Å². The lowest BCUT2D eigenvalue weighted by Crippen LogP contribution is -2.31. The number of fused-ring (bicyclic) bond motifs is 2. The van der Waals surface area contributed by atoms with Crippen LogP contribution in [-0.4, -0.2) is 17.0 Å². The van der Waals surface area contributed by atoms with Crippen molar-refractivity contribution in [2.24, 2.45) is 0 Å². The van der Waals surface area contributed by atoms with Crippen molar-refractivity contribution in [3.8, 4) is 17.2 Å². The minimum Gasteiger partial charge on any atom is -0.480 e. The molecule has 0 saturated carbocycles. The summed E-state index contributed by atoms with van der Waals surface area (Å²) in [5, 5.41) is 2.91. The summed E-state index contributed by atoms with van der Waals surface area (Å²) >= 11 is 0. The molecule has 0 saturated heterocycles. The van der Waals surface area contributed by atoms with Crippen molar-refractivity contribution in [2.75, 3.05) is 5.32 Å². The molecule has 27 heavy (non-hydrogen) atoms. The van der Waals surface area contributed by atoms with Gasteiger partial charge in [0, 0.05) is 17.7 Å². The Hall–Kier alpha value is -3.60. The summed E-state index contributed by atoms with van der Waals surface area (Å²) in [6.45, 7) is 0. The van der Waals surface area contributed by atoms with Gasteiger partial charge in [0.15, 0.2) is 11.7 Å². The topological polar surface area (TPSA) is 64.4 Å². The third-order valence-corrected chi connectivity index (χ3v) is 4.63. The molecule has 1 unspecified atom stereocenters. The molecule has 0 fully saturated rings. The molecule has 1 aromatic heterocycles. The number of aromatic nitrogens is 1. The molecule has 5 rings (SSSR count). The van der Waals surface area contributed by atoms with Crippen LogP contribution in [0.25, 0.3) is 22.6 Å². The monoisotopic (exact) mass is 356 g/mol. The second-order valence-corrected chi connectivity index (χ2v) is 6.47. The molecular weight excluding hydrogens is 340 g/mol. The van der Waals surface area contributed by atoms with Crippen molar-refractivity contribution in [1.82, 2.24) is 4.98 Å². The summed E-state index contributed by atoms with van der Waals surface area (Å²) in [5.41, 5.74) is 4.20. The average Bonchev–Trinajstić information content (AvgIpc) is 3.32. The lowest BCUT2D eigenvalue weighted by molar-refractivity contribution is -0.122. The number of para-hydroxylation sites is 3. The first kappa shape index (κ1) is 15.6. The zero-order valence-corrected chi connectivity index (χ0v) is 14.4. The molecule has 1 amide bonds. The van der Waals surface area contributed by atoms with Crippen LogP contribution in [0.1, 0.15) is 5.56 Å². The molecule has 5 nitrogen and oxygen atoms in total. The van der Waals surface area contributed by atoms with Gasteiger partial charge in [-0.05, 0) is 48.0 Å². The first-order valence-electron chi connectivity index (χ1n) is 8.78. The molecule has 1 aliphatic rings. The van der Waals surface area contributed by atoms with Gasteiger partial charge < -0.3 is 14.5 Å². The number of amides is 1. The Balaban J connectivity index is 1.30. The lowest BCUT2D eigenvalue weighted by Gasteiger charge is -2.11. The molecule has 0 aliphatic carbocycles. The van der Waals surface area contributed by atoms with Crippen molar-refractivity contribution in [3.05, 3.63) is 78.4 Å². The van der Waals surface area contributed by atoms with Crippen LogP contribution in [-0.2, 0) is 11.2 Å². The Labute approximate surface area is 155 Å². The zero-order valence-electron chi connectivity index (χ0n) is 14.4. The van der Waals surface area contributed by atoms with Gasteiger partial charge in [-0.25, -0.2) is 4.98 Å². The van der Waals surface area contributed by atoms with Crippen molar-refractivity contribution < 1.29 is 13.9 Å². The van der Waals surface area contributed by atoms with E-state index in [-0.39, 0.29) is 5.91 Å². The number of ether oxygens (including phenoxy) is 1. The van der Waals surface area contributed by atoms with E-state index in [1.165, 1.54) is 0 Å². The molecule has 5 heteroatoms. The van der Waals surface area contributed by atoms with Crippen LogP contribution in [0.5, 0.6) is 5.75 Å². The molecule has 0 spiro atoms. The molecule has 1 aliphatic heterocycles. The molecule has 2 heterocycles. The summed E-state index contributed by atoms with van der Waals surface area (Å²) in [4.78, 5) is 17.0. The van der Waals surface area contributed by atoms with E-state index in [9.17, 15) is 4.79 Å². The highest BCUT2D eigenvalue weighted by atomic mass is 16.5. The summed E-state index contributed by atoms with van der Waals surface area (Å²) in [5.74, 6) is 1.19. The predicted octanol–water partition coefficient (Wildman–Crippen LogP) is 4.44. The summed E-state index contributed by atoms with van der Waals surface area (Å²) in [6.07, 6.45) is 0.0855. The van der Waals surface area contributed by atoms with Gasteiger partial charge in [-0.1, -0.05) is 30.3 Å². The van der Waals surface area contributed by atoms with E-state index in [2.05, 4.69) is 10.3 Å². The van der Waals surface area contributed by atoms with E-state index in [0.717, 1.165) is 28.0 Å². The van der Waals surface area contributed by atoms with E-state index in [1.54, 1.807) is 0 Å². The maximum Gasteiger partial charge on any atom is 0.265 e. The van der Waals surface area contributed by atoms with Crippen molar-refractivity contribution in [1.29, 1.82) is 0 Å². The minimum atomic E-state index is -0.501. The van der Waals surface area contributed by atoms with E-state index in [4.69, 9.17) is 9.15 Å². The Morgan fingerprint density at radius 3 is 2.56 bits per heavy atom. The van der Waals surface area contributed by atoms with Crippen LogP contribution in [0.15, 0.2) is 77.2 Å². The van der Waals surface area contributed by atoms with Crippen LogP contribution in [0.2, 0.25) is 0 Å². The van der Waals surface area contributed by atoms with Crippen molar-refractivity contribution in [3.63, 3.8) is 0 Å². The summed E-state index contributed by atoms with van der Waals surface area (Å²) < 4.78 is 11.5. The molecule has 3 aromatic carbocycles. The van der Waals surface area contributed by atoms with Crippen molar-refractivity contribution in [2.45, 2.75) is 12.5 Å². The fourth-order valence-electron chi connectivity index (χ4n) is 3.24. The van der Waals surface area contributed by atoms with Crippen LogP contribution < -0.4 is 10.1 Å². The van der Waals surface area contributed by atoms with Gasteiger partial charge in [-0.3, -0.25) is 4.79 Å². The number of rotatable bonds is 3. The van der Waals surface area contributed by atoms with Gasteiger partial charge in [-0.2, -0.15) is 0 Å². The van der Waals surface area contributed by atoms with Crippen LogP contribution in [0.3, 0.4) is 0 Å². The summed E-state index contributed by atoms with van der Waals surface area (Å²) in [6, 6.07) is 22.8. The second kappa shape index (κ2) is 6.29. The molecule has 1 N–H and O–H groups in total. The highest BCUT2D eigenvalue weighted by Crippen LogP contribution is 2.29. The van der Waals surface area contributed by atoms with Gasteiger partial charge in [-0.15, -0.1) is 0 Å². The summed E-state index contributed by atoms with van der Waals surface area (Å²) in [7, 11) is 0. The fraction of sp³-hybridized carbons (Fsp3) is 0.0909. The Kier molecular flexibility index (Phi) is 3.64. The number of hydrogen-bond donors (Lipinski definition) is 1. The third kappa shape index (κ3) is 2.93. The highest BCUT2D eigenvalue weighted by Gasteiger charge is 2.28. The molecular formula is C22H16N2O3. The highest BCUT2D eigenvalue weighted by molar-refractivity contribution is 5.95. The van der Waals surface area contributed by atoms with E-state index >= 15 is 0 Å². The third-order valence-electron chi connectivity index (χ3n) is 4.63. The normalized spacial score (nSPS) is 15.3. The standard InChI is InChI=1S/C22H16N2O3/c25-21(20-13-15-5-1-3-7-18(15)26-20)23-16-11-9-14(10-12-16)22-24-17-6-2-4-8-19(17)27-22/h1-12,20H,13H2,(H,23,25). The number of oxazole rings is 1. The molecule has 0 bridgehead atoms. The number of hydrogen-bond acceptors (Lipinski definition) is 4. The predicted molar refractivity (Wildman–Crippen MR) is 103 cm³/mol. The number of carbonyl (C=O) groups is 1. The van der Waals surface area contributed by atoms with Crippen LogP contribution in [0, 0.1) is 0 Å². The van der Waals surface area contributed by atoms with Gasteiger partial charge in [0.1, 0.15) is 11.3 Å². The molecule has 132 valence electrons. The lowest BCUT2D eigenvalue weighted by atomic mass is 10.1. The van der Waals surface area contributed by atoms with Gasteiger partial charge in [0.2, 0.25) is 5.89 Å². The van der Waals surface area contributed by atoms with Gasteiger partial charge in [0.25, 0.3) is 5.91 Å². The molecule has 1 atom stereocenters. The Morgan fingerprint density at radius 2 is 1.74 bits per heavy atom. The quantitative estimate of drug-likeness (QED) is 0.589. The van der Waals surface area contributed by atoms with E-state index in [1.807, 2.05) is 72.8 Å². The van der Waals surface area contributed by atoms with Crippen molar-refractivity contribution >= 4 is 22.7 Å². The fourth-order valence-corrected chi connectivity index (χ4v) is 3.24. The number of nitrogens with zero attached hydrogens (tertiary/aromatic N) is 1. The number of carbonyl (C=O) groups excluding carboxylic acids is 1. The van der Waals surface area contributed by atoms with Crippen LogP contribution >= 0.6 is 0 Å². The first-order chi connectivity index (χ1) is 13.3. The number of nitrogens with one attached hydrogen (secondary N) is 1. The maximum atomic E-state index is 12.5. The molecule has 0 radical (unpaired) electrons. The Morgan fingerprint density at radius 1 is 0.963 bits per heavy atom. The molecule has 4 aromatic rings. The SMILES string of the molecule is O=C(Nc1ccc(-c2nc3ccccc3o2)cc1)C1Cc2ccccc2O1. The zero-order chi connectivity index (χ0) is 18.2. The van der Waals surface area contributed by atoms with E-state index < -0.39 is 6.10 Å². The van der Waals surface area contributed by atoms with Gasteiger partial charge in [0.05, 0.1) is 0 Å². The largest absolute Gasteiger partial charge is 0.480 e. The average molecular weight is 356 g/mol. The second-order valence-electron chi connectivity index (χ2n) is 6.47. The smallest absolute Gasteiger partial charge is 0.265 e. The maximum absolute atomic E-state index is 12.5. The number of anilines is 1. The van der Waals surface area contributed by atoms with Gasteiger partial charge >= 0.3 is 0 Å².